The number of hydrogen-bond acceptors (Lipinski definition) is 6. The molecule has 1 fully saturated rings. The molecule has 0 aliphatic carbocycles. The molecule has 1 aliphatic rings. The lowest BCUT2D eigenvalue weighted by Gasteiger charge is -2.32. The molecule has 8 heteroatoms. The molecule has 2 aromatic rings. The van der Waals surface area contributed by atoms with Gasteiger partial charge in [0.2, 0.25) is 5.95 Å². The Balaban J connectivity index is 1.91. The molecule has 1 saturated heterocycles. The van der Waals surface area contributed by atoms with Crippen molar-refractivity contribution in [3.05, 3.63) is 53.6 Å². The second-order valence-electron chi connectivity index (χ2n) is 7.87. The van der Waals surface area contributed by atoms with E-state index in [1.165, 1.54) is 12.1 Å². The third kappa shape index (κ3) is 5.06. The van der Waals surface area contributed by atoms with Crippen LogP contribution in [0, 0.1) is 5.82 Å². The summed E-state index contributed by atoms with van der Waals surface area (Å²) < 4.78 is 29.9. The number of rotatable bonds is 4. The highest BCUT2D eigenvalue weighted by atomic mass is 32.2. The van der Waals surface area contributed by atoms with Gasteiger partial charge in [-0.25, -0.2) is 14.4 Å². The molecule has 6 nitrogen and oxygen atoms in total. The smallest absolute Gasteiger partial charge is 0.225 e. The Labute approximate surface area is 168 Å². The molecule has 1 atom stereocenters. The molecule has 0 saturated carbocycles. The first kappa shape index (κ1) is 20.7. The van der Waals surface area contributed by atoms with Crippen molar-refractivity contribution in [1.29, 1.82) is 0 Å². The van der Waals surface area contributed by atoms with Crippen molar-refractivity contribution in [3.63, 3.8) is 0 Å². The van der Waals surface area contributed by atoms with Crippen LogP contribution < -0.4 is 4.90 Å². The van der Waals surface area contributed by atoms with E-state index >= 15 is 0 Å². The number of hydrogen-bond donors (Lipinski definition) is 0. The molecule has 0 bridgehead atoms. The summed E-state index contributed by atoms with van der Waals surface area (Å²) in [6.07, 6.45) is 3.39. The van der Waals surface area contributed by atoms with E-state index in [1.54, 1.807) is 24.5 Å². The van der Waals surface area contributed by atoms with Crippen molar-refractivity contribution >= 4 is 23.0 Å². The summed E-state index contributed by atoms with van der Waals surface area (Å²) in [5, 5.41) is 0. The lowest BCUT2D eigenvalue weighted by Crippen LogP contribution is -2.45. The van der Waals surface area contributed by atoms with Gasteiger partial charge in [0.25, 0.3) is 0 Å². The van der Waals surface area contributed by atoms with Crippen molar-refractivity contribution in [3.8, 4) is 0 Å². The standard InChI is InChI=1S/C20H26FN5OS/c1-20(2,3)28(27)24-18(15-5-7-17(21)8-6-15)16-13-22-19(23-14-16)26-11-9-25(4)10-12-26/h5-8,13-14H,9-12H2,1-4H3/b24-18-/t28-/m0/s1. The minimum atomic E-state index is -1.46. The summed E-state index contributed by atoms with van der Waals surface area (Å²) in [5.74, 6) is 0.342. The van der Waals surface area contributed by atoms with Crippen LogP contribution in [-0.4, -0.2) is 63.1 Å². The van der Waals surface area contributed by atoms with Gasteiger partial charge < -0.3 is 14.4 Å². The summed E-state index contributed by atoms with van der Waals surface area (Å²) in [6, 6.07) is 5.99. The van der Waals surface area contributed by atoms with Gasteiger partial charge in [-0.2, -0.15) is 0 Å². The van der Waals surface area contributed by atoms with E-state index in [9.17, 15) is 8.94 Å². The van der Waals surface area contributed by atoms with E-state index in [-0.39, 0.29) is 5.82 Å². The van der Waals surface area contributed by atoms with Crippen LogP contribution in [0.1, 0.15) is 31.9 Å². The van der Waals surface area contributed by atoms with E-state index < -0.39 is 16.1 Å². The molecule has 150 valence electrons. The van der Waals surface area contributed by atoms with Gasteiger partial charge >= 0.3 is 0 Å². The molecular weight excluding hydrogens is 377 g/mol. The lowest BCUT2D eigenvalue weighted by molar-refractivity contribution is 0.311. The average Bonchev–Trinajstić information content (AvgIpc) is 2.67. The van der Waals surface area contributed by atoms with Gasteiger partial charge in [0.05, 0.1) is 0 Å². The SMILES string of the molecule is CN1CCN(c2ncc(/C(=N\[S@@+]([O-])C(C)(C)C)c3ccc(F)cc3)cn2)CC1. The zero-order valence-electron chi connectivity index (χ0n) is 16.7. The number of aromatic nitrogens is 2. The van der Waals surface area contributed by atoms with Crippen LogP contribution in [0.4, 0.5) is 10.3 Å². The molecule has 0 spiro atoms. The Bertz CT molecular complexity index is 812. The molecule has 3 rings (SSSR count). The van der Waals surface area contributed by atoms with E-state index in [4.69, 9.17) is 0 Å². The van der Waals surface area contributed by atoms with Gasteiger partial charge in [-0.15, -0.1) is 0 Å². The monoisotopic (exact) mass is 403 g/mol. The fraction of sp³-hybridized carbons (Fsp3) is 0.450. The van der Waals surface area contributed by atoms with Gasteiger partial charge in [0, 0.05) is 49.7 Å². The summed E-state index contributed by atoms with van der Waals surface area (Å²) in [6.45, 7) is 9.28. The molecule has 2 heterocycles. The van der Waals surface area contributed by atoms with E-state index in [0.717, 1.165) is 26.2 Å². The molecule has 1 aliphatic heterocycles. The predicted octanol–water partition coefficient (Wildman–Crippen LogP) is 2.67. The topological polar surface area (TPSA) is 67.7 Å². The predicted molar refractivity (Wildman–Crippen MR) is 112 cm³/mol. The maximum atomic E-state index is 13.4. The maximum Gasteiger partial charge on any atom is 0.225 e. The summed E-state index contributed by atoms with van der Waals surface area (Å²) in [4.78, 5) is 13.4. The summed E-state index contributed by atoms with van der Waals surface area (Å²) in [7, 11) is 2.10. The first-order chi connectivity index (χ1) is 13.2. The molecule has 0 N–H and O–H groups in total. The minimum Gasteiger partial charge on any atom is -0.591 e. The molecular formula is C20H26FN5OS. The third-order valence-electron chi connectivity index (χ3n) is 4.51. The highest BCUT2D eigenvalue weighted by molar-refractivity contribution is 7.91. The van der Waals surface area contributed by atoms with Gasteiger partial charge in [-0.3, -0.25) is 0 Å². The van der Waals surface area contributed by atoms with Crippen molar-refractivity contribution in [1.82, 2.24) is 14.9 Å². The summed E-state index contributed by atoms with van der Waals surface area (Å²) in [5.41, 5.74) is 1.83. The first-order valence-corrected chi connectivity index (χ1v) is 10.4. The maximum absolute atomic E-state index is 13.4. The average molecular weight is 404 g/mol. The van der Waals surface area contributed by atoms with Gasteiger partial charge in [0.1, 0.15) is 27.6 Å². The number of piperazine rings is 1. The van der Waals surface area contributed by atoms with Crippen LogP contribution in [0.3, 0.4) is 0 Å². The zero-order valence-corrected chi connectivity index (χ0v) is 17.5. The second-order valence-corrected chi connectivity index (χ2v) is 9.78. The van der Waals surface area contributed by atoms with Crippen LogP contribution in [0.25, 0.3) is 0 Å². The highest BCUT2D eigenvalue weighted by Crippen LogP contribution is 2.21. The summed E-state index contributed by atoms with van der Waals surface area (Å²) >= 11 is -1.46. The van der Waals surface area contributed by atoms with Gasteiger partial charge in [0.15, 0.2) is 0 Å². The zero-order chi connectivity index (χ0) is 20.3. The lowest BCUT2D eigenvalue weighted by atomic mass is 10.1. The molecule has 0 radical (unpaired) electrons. The molecule has 0 unspecified atom stereocenters. The van der Waals surface area contributed by atoms with Crippen LogP contribution >= 0.6 is 0 Å². The fourth-order valence-electron chi connectivity index (χ4n) is 2.71. The Morgan fingerprint density at radius 3 is 2.14 bits per heavy atom. The van der Waals surface area contributed by atoms with Crippen LogP contribution in [-0.2, 0) is 11.4 Å². The Kier molecular flexibility index (Phi) is 6.32. The van der Waals surface area contributed by atoms with Crippen molar-refractivity contribution in [2.45, 2.75) is 25.5 Å². The Morgan fingerprint density at radius 2 is 1.61 bits per heavy atom. The molecule has 28 heavy (non-hydrogen) atoms. The number of nitrogens with zero attached hydrogens (tertiary/aromatic N) is 5. The van der Waals surface area contributed by atoms with Crippen molar-refractivity contribution in [2.75, 3.05) is 38.1 Å². The fourth-order valence-corrected chi connectivity index (χ4v) is 3.36. The van der Waals surface area contributed by atoms with E-state index in [0.29, 0.717) is 22.8 Å². The highest BCUT2D eigenvalue weighted by Gasteiger charge is 2.28. The number of halogens is 1. The second kappa shape index (κ2) is 8.55. The largest absolute Gasteiger partial charge is 0.591 e. The van der Waals surface area contributed by atoms with Crippen LogP contribution in [0.15, 0.2) is 41.1 Å². The van der Waals surface area contributed by atoms with Crippen molar-refractivity contribution in [2.24, 2.45) is 4.40 Å². The number of anilines is 1. The number of likely N-dealkylation sites (N-methyl/N-ethyl adjacent to an activating group) is 1. The first-order valence-electron chi connectivity index (χ1n) is 9.26. The van der Waals surface area contributed by atoms with Crippen LogP contribution in [0.5, 0.6) is 0 Å². The van der Waals surface area contributed by atoms with Gasteiger partial charge in [-0.05, 0) is 52.1 Å². The molecule has 1 aromatic carbocycles. The van der Waals surface area contributed by atoms with Crippen molar-refractivity contribution < 1.29 is 8.94 Å². The normalized spacial score (nSPS) is 17.6. The Morgan fingerprint density at radius 1 is 1.04 bits per heavy atom. The third-order valence-corrected chi connectivity index (χ3v) is 5.91. The quantitative estimate of drug-likeness (QED) is 0.580. The molecule has 1 aromatic heterocycles. The van der Waals surface area contributed by atoms with E-state index in [2.05, 4.69) is 31.2 Å². The molecule has 0 amide bonds. The number of benzene rings is 1. The van der Waals surface area contributed by atoms with E-state index in [1.807, 2.05) is 20.8 Å². The van der Waals surface area contributed by atoms with Crippen LogP contribution in [0.2, 0.25) is 0 Å². The van der Waals surface area contributed by atoms with Gasteiger partial charge in [-0.1, -0.05) is 4.40 Å². The minimum absolute atomic E-state index is 0.332. The Hall–Kier alpha value is -2.03.